The molecule has 0 unspecified atom stereocenters. The maximum atomic E-state index is 13.7. The molecule has 0 aliphatic carbocycles. The van der Waals surface area contributed by atoms with Gasteiger partial charge in [0.25, 0.3) is 5.91 Å². The number of furan rings is 1. The number of benzene rings is 2. The summed E-state index contributed by atoms with van der Waals surface area (Å²) in [7, 11) is 1.55. The van der Waals surface area contributed by atoms with Gasteiger partial charge in [-0.2, -0.15) is 0 Å². The summed E-state index contributed by atoms with van der Waals surface area (Å²) >= 11 is 0. The van der Waals surface area contributed by atoms with Crippen molar-refractivity contribution in [3.05, 3.63) is 84.4 Å². The van der Waals surface area contributed by atoms with E-state index in [0.29, 0.717) is 36.9 Å². The number of ether oxygens (including phenoxy) is 2. The Morgan fingerprint density at radius 3 is 2.66 bits per heavy atom. The number of fused-ring (bicyclic) bond motifs is 1. The van der Waals surface area contributed by atoms with E-state index in [9.17, 15) is 9.59 Å². The fraction of sp³-hybridized carbons (Fsp3) is 0.276. The zero-order valence-electron chi connectivity index (χ0n) is 21.6. The van der Waals surface area contributed by atoms with Gasteiger partial charge in [-0.25, -0.2) is 9.69 Å². The van der Waals surface area contributed by atoms with E-state index in [2.05, 4.69) is 10.3 Å². The van der Waals surface area contributed by atoms with Crippen molar-refractivity contribution >= 4 is 28.5 Å². The second-order valence-electron chi connectivity index (χ2n) is 9.50. The first-order valence-electron chi connectivity index (χ1n) is 12.4. The third kappa shape index (κ3) is 4.80. The number of aromatic nitrogens is 1. The zero-order chi connectivity index (χ0) is 26.7. The normalized spacial score (nSPS) is 14.9. The van der Waals surface area contributed by atoms with Crippen LogP contribution in [0.25, 0.3) is 10.9 Å². The van der Waals surface area contributed by atoms with Gasteiger partial charge in [-0.1, -0.05) is 18.2 Å². The molecule has 1 aliphatic rings. The highest BCUT2D eigenvalue weighted by Gasteiger charge is 2.52. The number of pyridine rings is 1. The molecule has 0 saturated carbocycles. The summed E-state index contributed by atoms with van der Waals surface area (Å²) in [6.45, 7) is 5.32. The predicted octanol–water partition coefficient (Wildman–Crippen LogP) is 4.75. The van der Waals surface area contributed by atoms with E-state index in [1.807, 2.05) is 42.5 Å². The van der Waals surface area contributed by atoms with Gasteiger partial charge >= 0.3 is 6.03 Å². The highest BCUT2D eigenvalue weighted by molar-refractivity contribution is 6.23. The van der Waals surface area contributed by atoms with Gasteiger partial charge < -0.3 is 24.1 Å². The molecule has 9 nitrogen and oxygen atoms in total. The van der Waals surface area contributed by atoms with E-state index in [1.165, 1.54) is 4.90 Å². The lowest BCUT2D eigenvalue weighted by molar-refractivity contribution is -0.123. The maximum absolute atomic E-state index is 13.7. The number of para-hydroxylation sites is 1. The number of carbonyl (C=O) groups is 2. The van der Waals surface area contributed by atoms with Crippen LogP contribution >= 0.6 is 0 Å². The monoisotopic (exact) mass is 514 g/mol. The van der Waals surface area contributed by atoms with E-state index >= 15 is 0 Å². The van der Waals surface area contributed by atoms with Crippen LogP contribution in [-0.4, -0.2) is 47.6 Å². The molecular formula is C29H30N4O5. The van der Waals surface area contributed by atoms with Crippen LogP contribution < -0.4 is 19.7 Å². The van der Waals surface area contributed by atoms with E-state index in [0.717, 1.165) is 22.2 Å². The van der Waals surface area contributed by atoms with E-state index in [4.69, 9.17) is 13.9 Å². The summed E-state index contributed by atoms with van der Waals surface area (Å²) in [5, 5.41) is 4.19. The molecule has 1 N–H and O–H groups in total. The van der Waals surface area contributed by atoms with Gasteiger partial charge in [0.1, 0.15) is 17.9 Å². The Bertz CT molecular complexity index is 1450. The number of amides is 3. The molecule has 5 rings (SSSR count). The molecule has 38 heavy (non-hydrogen) atoms. The average molecular weight is 515 g/mol. The molecule has 1 fully saturated rings. The van der Waals surface area contributed by atoms with Crippen molar-refractivity contribution in [1.82, 2.24) is 15.2 Å². The Hall–Kier alpha value is -4.37. The summed E-state index contributed by atoms with van der Waals surface area (Å²) in [6, 6.07) is 18.1. The van der Waals surface area contributed by atoms with Crippen LogP contribution in [0.15, 0.2) is 77.5 Å². The molecule has 3 heterocycles. The maximum Gasteiger partial charge on any atom is 0.332 e. The van der Waals surface area contributed by atoms with Crippen LogP contribution in [0.3, 0.4) is 0 Å². The Kier molecular flexibility index (Phi) is 7.02. The molecule has 1 aliphatic heterocycles. The van der Waals surface area contributed by atoms with E-state index in [-0.39, 0.29) is 12.5 Å². The number of anilines is 1. The number of rotatable bonds is 10. The molecule has 2 aromatic heterocycles. The fourth-order valence-corrected chi connectivity index (χ4v) is 4.57. The first-order valence-corrected chi connectivity index (χ1v) is 12.4. The van der Waals surface area contributed by atoms with Gasteiger partial charge in [0.15, 0.2) is 11.5 Å². The van der Waals surface area contributed by atoms with Crippen LogP contribution in [0.2, 0.25) is 0 Å². The van der Waals surface area contributed by atoms with Crippen molar-refractivity contribution in [2.75, 3.05) is 25.2 Å². The summed E-state index contributed by atoms with van der Waals surface area (Å²) in [4.78, 5) is 34.4. The summed E-state index contributed by atoms with van der Waals surface area (Å²) < 4.78 is 16.7. The first-order chi connectivity index (χ1) is 18.4. The fourth-order valence-electron chi connectivity index (χ4n) is 4.57. The minimum Gasteiger partial charge on any atom is -0.493 e. The summed E-state index contributed by atoms with van der Waals surface area (Å²) in [6.07, 6.45) is 3.36. The number of imide groups is 1. The van der Waals surface area contributed by atoms with Crippen LogP contribution in [0.1, 0.15) is 25.2 Å². The molecule has 0 bridgehead atoms. The Morgan fingerprint density at radius 2 is 1.87 bits per heavy atom. The summed E-state index contributed by atoms with van der Waals surface area (Å²) in [5.41, 5.74) is 1.15. The standard InChI is InChI=1S/C29H30N4O5/c1-29(2)27(34)33(28(35)32(29)19-20-12-13-31-24-9-5-4-8-23(20)24)21-10-11-25(36-3)26(17-21)38-16-14-30-18-22-7-6-15-37-22/h4-13,15,17,30H,14,16,18-19H2,1-3H3. The number of methoxy groups -OCH3 is 1. The lowest BCUT2D eigenvalue weighted by Gasteiger charge is -2.28. The Balaban J connectivity index is 1.34. The number of hydrogen-bond acceptors (Lipinski definition) is 7. The minimum atomic E-state index is -1.04. The second kappa shape index (κ2) is 10.5. The molecule has 0 spiro atoms. The number of hydrogen-bond donors (Lipinski definition) is 1. The zero-order valence-corrected chi connectivity index (χ0v) is 21.6. The molecule has 196 valence electrons. The number of urea groups is 1. The second-order valence-corrected chi connectivity index (χ2v) is 9.50. The van der Waals surface area contributed by atoms with E-state index < -0.39 is 11.6 Å². The first kappa shape index (κ1) is 25.3. The minimum absolute atomic E-state index is 0.276. The molecule has 2 aromatic carbocycles. The quantitative estimate of drug-likeness (QED) is 0.241. The lowest BCUT2D eigenvalue weighted by atomic mass is 10.0. The highest BCUT2D eigenvalue weighted by Crippen LogP contribution is 2.38. The third-order valence-electron chi connectivity index (χ3n) is 6.71. The molecule has 0 atom stereocenters. The van der Waals surface area contributed by atoms with Crippen molar-refractivity contribution in [2.45, 2.75) is 32.5 Å². The topological polar surface area (TPSA) is 97.1 Å². The number of carbonyl (C=O) groups excluding carboxylic acids is 2. The third-order valence-corrected chi connectivity index (χ3v) is 6.71. The Morgan fingerprint density at radius 1 is 1.03 bits per heavy atom. The molecule has 4 aromatic rings. The smallest absolute Gasteiger partial charge is 0.332 e. The molecule has 1 saturated heterocycles. The van der Waals surface area contributed by atoms with Gasteiger partial charge in [0, 0.05) is 30.7 Å². The van der Waals surface area contributed by atoms with Crippen LogP contribution in [0.5, 0.6) is 11.5 Å². The molecule has 9 heteroatoms. The molecule has 3 amide bonds. The van der Waals surface area contributed by atoms with Crippen molar-refractivity contribution in [2.24, 2.45) is 0 Å². The largest absolute Gasteiger partial charge is 0.493 e. The van der Waals surface area contributed by atoms with Crippen LogP contribution in [0, 0.1) is 0 Å². The van der Waals surface area contributed by atoms with E-state index in [1.54, 1.807) is 56.5 Å². The predicted molar refractivity (Wildman–Crippen MR) is 143 cm³/mol. The number of nitrogens with one attached hydrogen (secondary N) is 1. The van der Waals surface area contributed by atoms with Crippen molar-refractivity contribution in [3.63, 3.8) is 0 Å². The highest BCUT2D eigenvalue weighted by atomic mass is 16.5. The van der Waals surface area contributed by atoms with Gasteiger partial charge in [-0.15, -0.1) is 0 Å². The Labute approximate surface area is 221 Å². The van der Waals surface area contributed by atoms with Gasteiger partial charge in [-0.05, 0) is 55.8 Å². The van der Waals surface area contributed by atoms with Gasteiger partial charge in [0.2, 0.25) is 0 Å². The van der Waals surface area contributed by atoms with Gasteiger partial charge in [-0.3, -0.25) is 9.78 Å². The number of nitrogens with zero attached hydrogens (tertiary/aromatic N) is 3. The SMILES string of the molecule is COc1ccc(N2C(=O)N(Cc3ccnc4ccccc34)C(C)(C)C2=O)cc1OCCNCc1ccco1. The van der Waals surface area contributed by atoms with Crippen molar-refractivity contribution in [3.8, 4) is 11.5 Å². The average Bonchev–Trinajstić information content (AvgIpc) is 3.50. The van der Waals surface area contributed by atoms with Crippen molar-refractivity contribution in [1.29, 1.82) is 0 Å². The summed E-state index contributed by atoms with van der Waals surface area (Å²) in [5.74, 6) is 1.49. The van der Waals surface area contributed by atoms with Crippen LogP contribution in [0.4, 0.5) is 10.5 Å². The lowest BCUT2D eigenvalue weighted by Crippen LogP contribution is -2.43. The van der Waals surface area contributed by atoms with Gasteiger partial charge in [0.05, 0.1) is 31.1 Å². The molecule has 0 radical (unpaired) electrons. The molecular weight excluding hydrogens is 484 g/mol. The van der Waals surface area contributed by atoms with Crippen molar-refractivity contribution < 1.29 is 23.5 Å². The van der Waals surface area contributed by atoms with Crippen LogP contribution in [-0.2, 0) is 17.9 Å².